The molecule has 4 rings (SSSR count). The van der Waals surface area contributed by atoms with Crippen molar-refractivity contribution in [2.24, 2.45) is 11.8 Å². The zero-order chi connectivity index (χ0) is 26.2. The summed E-state index contributed by atoms with van der Waals surface area (Å²) < 4.78 is 57.0. The van der Waals surface area contributed by atoms with Crippen LogP contribution in [0, 0.1) is 29.0 Å². The third-order valence-electron chi connectivity index (χ3n) is 6.74. The molecular weight excluding hydrogens is 482 g/mol. The monoisotopic (exact) mass is 503 g/mol. The van der Waals surface area contributed by atoms with Crippen molar-refractivity contribution >= 4 is 16.9 Å². The fourth-order valence-corrected chi connectivity index (χ4v) is 4.85. The van der Waals surface area contributed by atoms with Gasteiger partial charge in [-0.25, -0.2) is 9.18 Å². The number of carboxylic acid groups (broad SMARTS) is 1. The summed E-state index contributed by atoms with van der Waals surface area (Å²) in [6, 6.07) is 8.35. The van der Waals surface area contributed by atoms with Crippen molar-refractivity contribution in [1.82, 2.24) is 9.13 Å². The van der Waals surface area contributed by atoms with E-state index in [0.29, 0.717) is 25.7 Å². The molecule has 0 saturated heterocycles. The van der Waals surface area contributed by atoms with E-state index in [0.717, 1.165) is 27.3 Å². The van der Waals surface area contributed by atoms with Crippen molar-refractivity contribution in [3.05, 3.63) is 79.7 Å². The van der Waals surface area contributed by atoms with E-state index in [4.69, 9.17) is 0 Å². The van der Waals surface area contributed by atoms with Crippen molar-refractivity contribution in [3.8, 4) is 6.07 Å². The molecule has 0 atom stereocenters. The SMILES string of the molecule is N#Cc1c(Cn2c(=O)n(CC3CCC(C(=O)O)CC3)c(=O)c3c(F)cccc32)cccc1C(F)(F)F. The minimum absolute atomic E-state index is 0.0814. The second kappa shape index (κ2) is 9.60. The van der Waals surface area contributed by atoms with E-state index < -0.39 is 52.8 Å². The van der Waals surface area contributed by atoms with Crippen molar-refractivity contribution in [3.63, 3.8) is 0 Å². The number of fused-ring (bicyclic) bond motifs is 1. The number of aromatic nitrogens is 2. The number of aliphatic carboxylic acids is 1. The molecule has 0 aliphatic heterocycles. The highest BCUT2D eigenvalue weighted by molar-refractivity contribution is 5.78. The maximum Gasteiger partial charge on any atom is 0.417 e. The van der Waals surface area contributed by atoms with Gasteiger partial charge in [0.2, 0.25) is 0 Å². The number of halogens is 4. The number of alkyl halides is 3. The first-order chi connectivity index (χ1) is 17.0. The second-order valence-corrected chi connectivity index (χ2v) is 8.92. The Morgan fingerprint density at radius 3 is 2.33 bits per heavy atom. The predicted octanol–water partition coefficient (Wildman–Crippen LogP) is 4.13. The van der Waals surface area contributed by atoms with E-state index >= 15 is 0 Å². The molecule has 1 fully saturated rings. The number of nitrogens with zero attached hydrogens (tertiary/aromatic N) is 3. The van der Waals surface area contributed by atoms with Crippen LogP contribution in [0.2, 0.25) is 0 Å². The summed E-state index contributed by atoms with van der Waals surface area (Å²) in [6.45, 7) is -0.570. The Labute approximate surface area is 201 Å². The highest BCUT2D eigenvalue weighted by Crippen LogP contribution is 2.33. The fourth-order valence-electron chi connectivity index (χ4n) is 4.85. The zero-order valence-electron chi connectivity index (χ0n) is 18.9. The van der Waals surface area contributed by atoms with Crippen LogP contribution in [-0.4, -0.2) is 20.2 Å². The van der Waals surface area contributed by atoms with Gasteiger partial charge in [-0.1, -0.05) is 18.2 Å². The Hall–Kier alpha value is -3.94. The fraction of sp³-hybridized carbons (Fsp3) is 0.360. The lowest BCUT2D eigenvalue weighted by Gasteiger charge is -2.26. The van der Waals surface area contributed by atoms with Crippen LogP contribution in [0.25, 0.3) is 10.9 Å². The molecule has 0 spiro atoms. The molecule has 188 valence electrons. The van der Waals surface area contributed by atoms with E-state index in [-0.39, 0.29) is 28.9 Å². The maximum absolute atomic E-state index is 14.8. The van der Waals surface area contributed by atoms with Gasteiger partial charge in [0.1, 0.15) is 11.9 Å². The number of rotatable bonds is 5. The summed E-state index contributed by atoms with van der Waals surface area (Å²) in [7, 11) is 0. The lowest BCUT2D eigenvalue weighted by Crippen LogP contribution is -2.42. The van der Waals surface area contributed by atoms with Gasteiger partial charge in [0.05, 0.1) is 34.5 Å². The minimum Gasteiger partial charge on any atom is -0.481 e. The molecule has 1 aromatic heterocycles. The third kappa shape index (κ3) is 4.63. The largest absolute Gasteiger partial charge is 0.481 e. The summed E-state index contributed by atoms with van der Waals surface area (Å²) in [5.41, 5.74) is -3.74. The quantitative estimate of drug-likeness (QED) is 0.527. The van der Waals surface area contributed by atoms with Crippen molar-refractivity contribution in [1.29, 1.82) is 5.26 Å². The summed E-state index contributed by atoms with van der Waals surface area (Å²) >= 11 is 0. The molecular formula is C25H21F4N3O4. The highest BCUT2D eigenvalue weighted by Gasteiger charge is 2.34. The lowest BCUT2D eigenvalue weighted by molar-refractivity contribution is -0.143. The van der Waals surface area contributed by atoms with Crippen molar-refractivity contribution < 1.29 is 27.5 Å². The molecule has 2 aromatic carbocycles. The molecule has 36 heavy (non-hydrogen) atoms. The minimum atomic E-state index is -4.80. The van der Waals surface area contributed by atoms with Gasteiger partial charge in [-0.05, 0) is 55.4 Å². The van der Waals surface area contributed by atoms with E-state index in [1.807, 2.05) is 0 Å². The molecule has 1 aliphatic rings. The molecule has 1 saturated carbocycles. The average Bonchev–Trinajstić information content (AvgIpc) is 2.83. The number of carbonyl (C=O) groups is 1. The zero-order valence-corrected chi connectivity index (χ0v) is 18.9. The normalized spacial score (nSPS) is 18.2. The topological polar surface area (TPSA) is 105 Å². The second-order valence-electron chi connectivity index (χ2n) is 8.92. The molecule has 1 aliphatic carbocycles. The van der Waals surface area contributed by atoms with Gasteiger partial charge in [0.25, 0.3) is 5.56 Å². The van der Waals surface area contributed by atoms with Crippen LogP contribution in [0.3, 0.4) is 0 Å². The Morgan fingerprint density at radius 1 is 1.06 bits per heavy atom. The number of hydrogen-bond acceptors (Lipinski definition) is 4. The van der Waals surface area contributed by atoms with Gasteiger partial charge in [-0.15, -0.1) is 0 Å². The summed E-state index contributed by atoms with van der Waals surface area (Å²) in [5.74, 6) is -2.50. The molecule has 0 amide bonds. The van der Waals surface area contributed by atoms with Gasteiger partial charge in [0, 0.05) is 6.54 Å². The van der Waals surface area contributed by atoms with E-state index in [2.05, 4.69) is 0 Å². The average molecular weight is 503 g/mol. The molecule has 0 radical (unpaired) electrons. The van der Waals surface area contributed by atoms with E-state index in [9.17, 15) is 42.3 Å². The molecule has 11 heteroatoms. The number of carboxylic acids is 1. The first-order valence-corrected chi connectivity index (χ1v) is 11.3. The molecule has 1 heterocycles. The highest BCUT2D eigenvalue weighted by atomic mass is 19.4. The molecule has 0 unspecified atom stereocenters. The smallest absolute Gasteiger partial charge is 0.417 e. The van der Waals surface area contributed by atoms with Gasteiger partial charge >= 0.3 is 17.8 Å². The number of hydrogen-bond donors (Lipinski definition) is 1. The molecule has 0 bridgehead atoms. The Morgan fingerprint density at radius 2 is 1.72 bits per heavy atom. The Kier molecular flexibility index (Phi) is 6.71. The van der Waals surface area contributed by atoms with Crippen LogP contribution in [0.15, 0.2) is 46.0 Å². The number of benzene rings is 2. The van der Waals surface area contributed by atoms with Crippen molar-refractivity contribution in [2.45, 2.75) is 44.9 Å². The van der Waals surface area contributed by atoms with Gasteiger partial charge in [-0.2, -0.15) is 18.4 Å². The first kappa shape index (κ1) is 25.2. The van der Waals surface area contributed by atoms with Gasteiger partial charge in [0.15, 0.2) is 0 Å². The van der Waals surface area contributed by atoms with Gasteiger partial charge < -0.3 is 5.11 Å². The van der Waals surface area contributed by atoms with E-state index in [1.54, 1.807) is 6.07 Å². The summed E-state index contributed by atoms with van der Waals surface area (Å²) in [4.78, 5) is 37.8. The lowest BCUT2D eigenvalue weighted by atomic mass is 9.82. The predicted molar refractivity (Wildman–Crippen MR) is 121 cm³/mol. The van der Waals surface area contributed by atoms with E-state index in [1.165, 1.54) is 18.2 Å². The van der Waals surface area contributed by atoms with Crippen LogP contribution >= 0.6 is 0 Å². The van der Waals surface area contributed by atoms with Gasteiger partial charge in [-0.3, -0.25) is 18.7 Å². The standard InChI is InChI=1S/C25H21F4N3O4/c26-19-5-2-6-20-21(19)22(33)32(12-14-7-9-15(10-8-14)23(34)35)24(36)31(20)13-16-3-1-4-18(17(16)11-30)25(27,28)29/h1-6,14-15H,7-10,12-13H2,(H,34,35). The molecule has 3 aromatic rings. The molecule has 1 N–H and O–H groups in total. The Balaban J connectivity index is 1.83. The Bertz CT molecular complexity index is 1490. The van der Waals surface area contributed by atoms with Crippen LogP contribution in [-0.2, 0) is 24.1 Å². The first-order valence-electron chi connectivity index (χ1n) is 11.3. The van der Waals surface area contributed by atoms with Crippen LogP contribution in [0.1, 0.15) is 42.4 Å². The summed E-state index contributed by atoms with van der Waals surface area (Å²) in [5, 5.41) is 18.3. The van der Waals surface area contributed by atoms with Crippen LogP contribution in [0.5, 0.6) is 0 Å². The van der Waals surface area contributed by atoms with Crippen LogP contribution in [0.4, 0.5) is 17.6 Å². The van der Waals surface area contributed by atoms with Crippen molar-refractivity contribution in [2.75, 3.05) is 0 Å². The third-order valence-corrected chi connectivity index (χ3v) is 6.74. The van der Waals surface area contributed by atoms with Crippen LogP contribution < -0.4 is 11.2 Å². The summed E-state index contributed by atoms with van der Waals surface area (Å²) in [6.07, 6.45) is -3.15. The maximum atomic E-state index is 14.8. The number of nitriles is 1. The molecule has 7 nitrogen and oxygen atoms in total.